The molecule has 1 aliphatic rings. The quantitative estimate of drug-likeness (QED) is 0.766. The molecular formula is C18H20N6OS. The number of amides is 2. The van der Waals surface area contributed by atoms with Crippen LogP contribution < -0.4 is 5.32 Å². The Balaban J connectivity index is 1.30. The highest BCUT2D eigenvalue weighted by molar-refractivity contribution is 7.10. The first kappa shape index (κ1) is 16.7. The lowest BCUT2D eigenvalue weighted by Gasteiger charge is -2.31. The lowest BCUT2D eigenvalue weighted by molar-refractivity contribution is 0.177. The Labute approximate surface area is 155 Å². The van der Waals surface area contributed by atoms with Gasteiger partial charge in [-0.3, -0.25) is 5.32 Å². The molecule has 1 saturated heterocycles. The maximum absolute atomic E-state index is 12.5. The van der Waals surface area contributed by atoms with Crippen molar-refractivity contribution < 1.29 is 4.79 Å². The number of nitrogens with one attached hydrogen (secondary N) is 1. The molecule has 0 aliphatic carbocycles. The fourth-order valence-corrected chi connectivity index (χ4v) is 3.74. The SMILES string of the molecule is O=C(Nc1nc(-c2ccccc2)ns1)N1CCC(Cn2ccnc2)CC1. The molecule has 0 spiro atoms. The largest absolute Gasteiger partial charge is 0.337 e. The molecule has 1 aliphatic heterocycles. The molecule has 1 N–H and O–H groups in total. The van der Waals surface area contributed by atoms with Crippen molar-refractivity contribution in [2.75, 3.05) is 18.4 Å². The fourth-order valence-electron chi connectivity index (χ4n) is 3.16. The van der Waals surface area contributed by atoms with Gasteiger partial charge in [-0.05, 0) is 18.8 Å². The van der Waals surface area contributed by atoms with Crippen molar-refractivity contribution in [3.05, 3.63) is 49.1 Å². The molecule has 1 aromatic carbocycles. The van der Waals surface area contributed by atoms with Gasteiger partial charge in [0, 0.05) is 49.1 Å². The van der Waals surface area contributed by atoms with Crippen LogP contribution >= 0.6 is 11.5 Å². The summed E-state index contributed by atoms with van der Waals surface area (Å²) in [4.78, 5) is 22.8. The monoisotopic (exact) mass is 368 g/mol. The van der Waals surface area contributed by atoms with Crippen molar-refractivity contribution in [3.8, 4) is 11.4 Å². The molecule has 0 atom stereocenters. The number of imidazole rings is 1. The van der Waals surface area contributed by atoms with E-state index < -0.39 is 0 Å². The normalized spacial score (nSPS) is 15.2. The second-order valence-corrected chi connectivity index (χ2v) is 7.16. The molecule has 2 amide bonds. The Morgan fingerprint density at radius 2 is 2.04 bits per heavy atom. The van der Waals surface area contributed by atoms with Crippen LogP contribution in [0.1, 0.15) is 12.8 Å². The van der Waals surface area contributed by atoms with Crippen LogP contribution in [0.2, 0.25) is 0 Å². The molecule has 26 heavy (non-hydrogen) atoms. The number of anilines is 1. The van der Waals surface area contributed by atoms with Crippen LogP contribution in [0.4, 0.5) is 9.93 Å². The predicted octanol–water partition coefficient (Wildman–Crippen LogP) is 3.35. The van der Waals surface area contributed by atoms with E-state index in [-0.39, 0.29) is 6.03 Å². The van der Waals surface area contributed by atoms with Gasteiger partial charge in [-0.25, -0.2) is 9.78 Å². The van der Waals surface area contributed by atoms with Crippen LogP contribution in [0.25, 0.3) is 11.4 Å². The molecule has 0 unspecified atom stereocenters. The zero-order valence-electron chi connectivity index (χ0n) is 14.3. The average molecular weight is 368 g/mol. The lowest BCUT2D eigenvalue weighted by atomic mass is 9.97. The fraction of sp³-hybridized carbons (Fsp3) is 0.333. The van der Waals surface area contributed by atoms with Crippen molar-refractivity contribution in [1.82, 2.24) is 23.8 Å². The number of hydrogen-bond acceptors (Lipinski definition) is 5. The molecule has 2 aromatic heterocycles. The van der Waals surface area contributed by atoms with Crippen LogP contribution in [0.15, 0.2) is 49.1 Å². The van der Waals surface area contributed by atoms with Crippen LogP contribution in [-0.2, 0) is 6.54 Å². The van der Waals surface area contributed by atoms with Gasteiger partial charge in [0.15, 0.2) is 5.82 Å². The average Bonchev–Trinajstić information content (AvgIpc) is 3.35. The number of rotatable bonds is 4. The molecule has 0 radical (unpaired) electrons. The minimum Gasteiger partial charge on any atom is -0.337 e. The van der Waals surface area contributed by atoms with Crippen molar-refractivity contribution in [2.45, 2.75) is 19.4 Å². The summed E-state index contributed by atoms with van der Waals surface area (Å²) in [5, 5.41) is 3.42. The Kier molecular flexibility index (Phi) is 4.92. The minimum atomic E-state index is -0.0955. The van der Waals surface area contributed by atoms with Gasteiger partial charge < -0.3 is 9.47 Å². The predicted molar refractivity (Wildman–Crippen MR) is 101 cm³/mol. The molecule has 1 fully saturated rings. The third-order valence-electron chi connectivity index (χ3n) is 4.60. The number of nitrogens with zero attached hydrogens (tertiary/aromatic N) is 5. The van der Waals surface area contributed by atoms with Crippen molar-refractivity contribution in [3.63, 3.8) is 0 Å². The van der Waals surface area contributed by atoms with Gasteiger partial charge in [0.2, 0.25) is 5.13 Å². The lowest BCUT2D eigenvalue weighted by Crippen LogP contribution is -2.41. The van der Waals surface area contributed by atoms with Crippen molar-refractivity contribution >= 4 is 22.7 Å². The Hall–Kier alpha value is -2.74. The smallest absolute Gasteiger partial charge is 0.323 e. The Bertz CT molecular complexity index is 840. The van der Waals surface area contributed by atoms with E-state index in [1.54, 1.807) is 6.20 Å². The molecule has 0 bridgehead atoms. The summed E-state index contributed by atoms with van der Waals surface area (Å²) in [5.41, 5.74) is 0.949. The third-order valence-corrected chi connectivity index (χ3v) is 5.23. The summed E-state index contributed by atoms with van der Waals surface area (Å²) in [6.45, 7) is 2.48. The van der Waals surface area contributed by atoms with Crippen LogP contribution in [-0.4, -0.2) is 42.9 Å². The molecule has 3 aromatic rings. The standard InChI is InChI=1S/C18H20N6OS/c25-18(21-17-20-16(22-26-17)15-4-2-1-3-5-15)24-9-6-14(7-10-24)12-23-11-8-19-13-23/h1-5,8,11,13-14H,6-7,9-10,12H2,(H,20,21,22,25). The van der Waals surface area contributed by atoms with Gasteiger partial charge in [-0.2, -0.15) is 9.36 Å². The number of aromatic nitrogens is 4. The maximum Gasteiger partial charge on any atom is 0.323 e. The highest BCUT2D eigenvalue weighted by Crippen LogP contribution is 2.23. The highest BCUT2D eigenvalue weighted by Gasteiger charge is 2.23. The second kappa shape index (κ2) is 7.65. The zero-order valence-corrected chi connectivity index (χ0v) is 15.1. The number of urea groups is 1. The first-order valence-electron chi connectivity index (χ1n) is 8.69. The number of piperidine rings is 1. The summed E-state index contributed by atoms with van der Waals surface area (Å²) in [7, 11) is 0. The van der Waals surface area contributed by atoms with Crippen LogP contribution in [0, 0.1) is 5.92 Å². The number of carbonyl (C=O) groups is 1. The third kappa shape index (κ3) is 3.91. The summed E-state index contributed by atoms with van der Waals surface area (Å²) < 4.78 is 6.43. The number of benzene rings is 1. The molecular weight excluding hydrogens is 348 g/mol. The van der Waals surface area contributed by atoms with Crippen LogP contribution in [0.3, 0.4) is 0 Å². The molecule has 0 saturated carbocycles. The summed E-state index contributed by atoms with van der Waals surface area (Å²) in [5.74, 6) is 1.23. The number of carbonyl (C=O) groups excluding carboxylic acids is 1. The van der Waals surface area contributed by atoms with E-state index in [0.29, 0.717) is 16.9 Å². The Morgan fingerprint density at radius 1 is 1.23 bits per heavy atom. The summed E-state index contributed by atoms with van der Waals surface area (Å²) >= 11 is 1.21. The van der Waals surface area contributed by atoms with Gasteiger partial charge in [-0.1, -0.05) is 30.3 Å². The second-order valence-electron chi connectivity index (χ2n) is 6.41. The van der Waals surface area contributed by atoms with Gasteiger partial charge >= 0.3 is 6.03 Å². The molecule has 7 nitrogen and oxygen atoms in total. The minimum absolute atomic E-state index is 0.0955. The van der Waals surface area contributed by atoms with E-state index in [4.69, 9.17) is 0 Å². The first-order valence-corrected chi connectivity index (χ1v) is 9.46. The van der Waals surface area contributed by atoms with Gasteiger partial charge in [-0.15, -0.1) is 0 Å². The number of likely N-dealkylation sites (tertiary alicyclic amines) is 1. The van der Waals surface area contributed by atoms with E-state index >= 15 is 0 Å². The first-order chi connectivity index (χ1) is 12.8. The van der Waals surface area contributed by atoms with E-state index in [2.05, 4.69) is 24.2 Å². The zero-order chi connectivity index (χ0) is 17.8. The topological polar surface area (TPSA) is 75.9 Å². The maximum atomic E-state index is 12.5. The summed E-state index contributed by atoms with van der Waals surface area (Å²) in [6.07, 6.45) is 7.63. The van der Waals surface area contributed by atoms with Gasteiger partial charge in [0.1, 0.15) is 0 Å². The number of hydrogen-bond donors (Lipinski definition) is 1. The molecule has 134 valence electrons. The summed E-state index contributed by atoms with van der Waals surface area (Å²) in [6, 6.07) is 9.67. The van der Waals surface area contributed by atoms with E-state index in [1.807, 2.05) is 47.8 Å². The van der Waals surface area contributed by atoms with Crippen molar-refractivity contribution in [2.24, 2.45) is 5.92 Å². The Morgan fingerprint density at radius 3 is 2.77 bits per heavy atom. The van der Waals surface area contributed by atoms with E-state index in [1.165, 1.54) is 11.5 Å². The molecule has 3 heterocycles. The molecule has 4 rings (SSSR count). The van der Waals surface area contributed by atoms with E-state index in [9.17, 15) is 4.79 Å². The van der Waals surface area contributed by atoms with E-state index in [0.717, 1.165) is 38.0 Å². The molecule has 8 heteroatoms. The van der Waals surface area contributed by atoms with Crippen LogP contribution in [0.5, 0.6) is 0 Å². The van der Waals surface area contributed by atoms with Crippen molar-refractivity contribution in [1.29, 1.82) is 0 Å². The highest BCUT2D eigenvalue weighted by atomic mass is 32.1. The van der Waals surface area contributed by atoms with Gasteiger partial charge in [0.05, 0.1) is 6.33 Å². The van der Waals surface area contributed by atoms with Gasteiger partial charge in [0.25, 0.3) is 0 Å².